The molecular formula is C15H19NO3. The molecule has 0 N–H and O–H groups in total. The maximum Gasteiger partial charge on any atom is 0.223 e. The van der Waals surface area contributed by atoms with E-state index in [0.717, 1.165) is 24.0 Å². The highest BCUT2D eigenvalue weighted by atomic mass is 16.5. The first kappa shape index (κ1) is 13.6. The normalized spacial score (nSPS) is 20.4. The molecule has 1 aliphatic heterocycles. The lowest BCUT2D eigenvalue weighted by atomic mass is 10.0. The molecule has 0 saturated carbocycles. The summed E-state index contributed by atoms with van der Waals surface area (Å²) in [6.07, 6.45) is 2.59. The van der Waals surface area contributed by atoms with Crippen LogP contribution in [0.2, 0.25) is 0 Å². The number of likely N-dealkylation sites (tertiary alicyclic amines) is 1. The monoisotopic (exact) mass is 261 g/mol. The van der Waals surface area contributed by atoms with Crippen molar-refractivity contribution in [2.24, 2.45) is 0 Å². The minimum atomic E-state index is -0.0731. The number of carbonyl (C=O) groups excluding carboxylic acids is 2. The third-order valence-corrected chi connectivity index (χ3v) is 3.75. The van der Waals surface area contributed by atoms with Crippen LogP contribution in [0.1, 0.15) is 37.8 Å². The highest BCUT2D eigenvalue weighted by molar-refractivity contribution is 5.80. The predicted molar refractivity (Wildman–Crippen MR) is 72.0 cm³/mol. The number of ether oxygens (including phenoxy) is 1. The Morgan fingerprint density at radius 1 is 1.47 bits per heavy atom. The number of hydrogen-bond acceptors (Lipinski definition) is 3. The number of carbonyl (C=O) groups is 2. The van der Waals surface area contributed by atoms with E-state index in [0.29, 0.717) is 12.8 Å². The van der Waals surface area contributed by atoms with Crippen molar-refractivity contribution in [2.75, 3.05) is 7.11 Å². The Morgan fingerprint density at radius 3 is 2.89 bits per heavy atom. The summed E-state index contributed by atoms with van der Waals surface area (Å²) in [6.45, 7) is 1.98. The zero-order valence-corrected chi connectivity index (χ0v) is 11.3. The van der Waals surface area contributed by atoms with Gasteiger partial charge in [-0.25, -0.2) is 0 Å². The summed E-state index contributed by atoms with van der Waals surface area (Å²) < 4.78 is 5.35. The highest BCUT2D eigenvalue weighted by Crippen LogP contribution is 2.35. The van der Waals surface area contributed by atoms with Gasteiger partial charge in [0.1, 0.15) is 12.0 Å². The van der Waals surface area contributed by atoms with E-state index in [4.69, 9.17) is 4.74 Å². The van der Waals surface area contributed by atoms with Crippen molar-refractivity contribution in [3.05, 3.63) is 29.8 Å². The average Bonchev–Trinajstić information content (AvgIpc) is 2.79. The van der Waals surface area contributed by atoms with Gasteiger partial charge in [-0.05, 0) is 19.4 Å². The van der Waals surface area contributed by atoms with Crippen LogP contribution in [0.4, 0.5) is 0 Å². The number of para-hydroxylation sites is 1. The second kappa shape index (κ2) is 5.87. The Balaban J connectivity index is 2.28. The van der Waals surface area contributed by atoms with E-state index in [1.807, 2.05) is 36.1 Å². The van der Waals surface area contributed by atoms with Crippen molar-refractivity contribution in [1.29, 1.82) is 0 Å². The van der Waals surface area contributed by atoms with Gasteiger partial charge in [-0.15, -0.1) is 0 Å². The lowest BCUT2D eigenvalue weighted by Crippen LogP contribution is -2.35. The smallest absolute Gasteiger partial charge is 0.223 e. The number of hydrogen-bond donors (Lipinski definition) is 0. The van der Waals surface area contributed by atoms with Crippen LogP contribution in [0.3, 0.4) is 0 Å². The molecule has 19 heavy (non-hydrogen) atoms. The molecule has 1 saturated heterocycles. The molecule has 0 spiro atoms. The standard InChI is InChI=1S/C15H19NO3/c1-11(13-5-3-4-6-14(13)19-2)16-12(9-10-17)7-8-15(16)18/h3-6,10-12H,7-9H2,1-2H3/t11-,12-/m0/s1. The minimum Gasteiger partial charge on any atom is -0.496 e. The van der Waals surface area contributed by atoms with Crippen molar-refractivity contribution >= 4 is 12.2 Å². The molecule has 0 radical (unpaired) electrons. The van der Waals surface area contributed by atoms with E-state index in [9.17, 15) is 9.59 Å². The molecule has 4 nitrogen and oxygen atoms in total. The van der Waals surface area contributed by atoms with Gasteiger partial charge in [-0.1, -0.05) is 18.2 Å². The Morgan fingerprint density at radius 2 is 2.21 bits per heavy atom. The molecule has 0 bridgehead atoms. The van der Waals surface area contributed by atoms with E-state index in [1.54, 1.807) is 7.11 Å². The molecule has 1 fully saturated rings. The summed E-state index contributed by atoms with van der Waals surface area (Å²) in [4.78, 5) is 24.6. The van der Waals surface area contributed by atoms with Crippen LogP contribution in [0, 0.1) is 0 Å². The SMILES string of the molecule is COc1ccccc1[C@H](C)N1C(=O)CC[C@H]1CC=O. The van der Waals surface area contributed by atoms with Crippen LogP contribution in [-0.2, 0) is 9.59 Å². The molecule has 2 atom stereocenters. The number of nitrogens with zero attached hydrogens (tertiary/aromatic N) is 1. The lowest BCUT2D eigenvalue weighted by Gasteiger charge is -2.31. The zero-order chi connectivity index (χ0) is 13.8. The van der Waals surface area contributed by atoms with E-state index in [2.05, 4.69) is 0 Å². The second-order valence-corrected chi connectivity index (χ2v) is 4.81. The fourth-order valence-electron chi connectivity index (χ4n) is 2.80. The predicted octanol–water partition coefficient (Wildman–Crippen LogP) is 2.34. The zero-order valence-electron chi connectivity index (χ0n) is 11.3. The molecule has 102 valence electrons. The first-order valence-electron chi connectivity index (χ1n) is 6.56. The van der Waals surface area contributed by atoms with Crippen LogP contribution in [-0.4, -0.2) is 30.2 Å². The first-order valence-corrected chi connectivity index (χ1v) is 6.56. The summed E-state index contributed by atoms with van der Waals surface area (Å²) in [7, 11) is 1.63. The van der Waals surface area contributed by atoms with Crippen molar-refractivity contribution in [2.45, 2.75) is 38.3 Å². The quantitative estimate of drug-likeness (QED) is 0.764. The number of methoxy groups -OCH3 is 1. The van der Waals surface area contributed by atoms with Gasteiger partial charge in [0.25, 0.3) is 0 Å². The van der Waals surface area contributed by atoms with E-state index >= 15 is 0 Å². The number of aldehydes is 1. The molecule has 1 aromatic rings. The summed E-state index contributed by atoms with van der Waals surface area (Å²) in [5.41, 5.74) is 0.983. The van der Waals surface area contributed by atoms with Crippen molar-refractivity contribution < 1.29 is 14.3 Å². The highest BCUT2D eigenvalue weighted by Gasteiger charge is 2.35. The van der Waals surface area contributed by atoms with Gasteiger partial charge in [0.15, 0.2) is 0 Å². The largest absolute Gasteiger partial charge is 0.496 e. The Hall–Kier alpha value is -1.84. The molecule has 1 aromatic carbocycles. The van der Waals surface area contributed by atoms with E-state index in [-0.39, 0.29) is 18.0 Å². The summed E-state index contributed by atoms with van der Waals surface area (Å²) in [5.74, 6) is 0.893. The fourth-order valence-corrected chi connectivity index (χ4v) is 2.80. The number of benzene rings is 1. The van der Waals surface area contributed by atoms with Crippen molar-refractivity contribution in [3.8, 4) is 5.75 Å². The average molecular weight is 261 g/mol. The first-order chi connectivity index (χ1) is 9.19. The molecule has 1 amide bonds. The molecule has 0 aliphatic carbocycles. The van der Waals surface area contributed by atoms with Crippen LogP contribution in [0.25, 0.3) is 0 Å². The molecule has 4 heteroatoms. The van der Waals surface area contributed by atoms with Crippen LogP contribution in [0.5, 0.6) is 5.75 Å². The summed E-state index contributed by atoms with van der Waals surface area (Å²) >= 11 is 0. The molecule has 1 heterocycles. The maximum atomic E-state index is 12.0. The summed E-state index contributed by atoms with van der Waals surface area (Å²) in [5, 5.41) is 0. The molecule has 1 aliphatic rings. The third kappa shape index (κ3) is 2.62. The number of rotatable bonds is 5. The Labute approximate surface area is 113 Å². The van der Waals surface area contributed by atoms with E-state index < -0.39 is 0 Å². The van der Waals surface area contributed by atoms with Gasteiger partial charge in [0.05, 0.1) is 13.2 Å². The lowest BCUT2D eigenvalue weighted by molar-refractivity contribution is -0.131. The van der Waals surface area contributed by atoms with Crippen LogP contribution < -0.4 is 4.74 Å². The fraction of sp³-hybridized carbons (Fsp3) is 0.467. The van der Waals surface area contributed by atoms with E-state index in [1.165, 1.54) is 0 Å². The van der Waals surface area contributed by atoms with Crippen molar-refractivity contribution in [1.82, 2.24) is 4.90 Å². The molecular weight excluding hydrogens is 242 g/mol. The Kier molecular flexibility index (Phi) is 4.20. The molecule has 2 rings (SSSR count). The van der Waals surface area contributed by atoms with Gasteiger partial charge in [0, 0.05) is 24.4 Å². The minimum absolute atomic E-state index is 0.0184. The number of amides is 1. The van der Waals surface area contributed by atoms with Gasteiger partial charge in [-0.2, -0.15) is 0 Å². The summed E-state index contributed by atoms with van der Waals surface area (Å²) in [6, 6.07) is 7.64. The van der Waals surface area contributed by atoms with Gasteiger partial charge < -0.3 is 14.4 Å². The third-order valence-electron chi connectivity index (χ3n) is 3.75. The molecule has 0 unspecified atom stereocenters. The van der Waals surface area contributed by atoms with Crippen LogP contribution in [0.15, 0.2) is 24.3 Å². The van der Waals surface area contributed by atoms with Gasteiger partial charge in [-0.3, -0.25) is 4.79 Å². The Bertz CT molecular complexity index is 472. The van der Waals surface area contributed by atoms with Gasteiger partial charge >= 0.3 is 0 Å². The second-order valence-electron chi connectivity index (χ2n) is 4.81. The van der Waals surface area contributed by atoms with Crippen LogP contribution >= 0.6 is 0 Å². The van der Waals surface area contributed by atoms with Gasteiger partial charge in [0.2, 0.25) is 5.91 Å². The van der Waals surface area contributed by atoms with Crippen molar-refractivity contribution in [3.63, 3.8) is 0 Å². The maximum absolute atomic E-state index is 12.0. The molecule has 0 aromatic heterocycles. The topological polar surface area (TPSA) is 46.6 Å².